The van der Waals surface area contributed by atoms with Gasteiger partial charge in [-0.3, -0.25) is 11.3 Å². The summed E-state index contributed by atoms with van der Waals surface area (Å²) in [6, 6.07) is 13.1. The molecule has 1 aliphatic carbocycles. The zero-order valence-electron chi connectivity index (χ0n) is 12.9. The lowest BCUT2D eigenvalue weighted by Gasteiger charge is -2.40. The van der Waals surface area contributed by atoms with Crippen molar-refractivity contribution >= 4 is 0 Å². The van der Waals surface area contributed by atoms with E-state index in [1.807, 2.05) is 0 Å². The summed E-state index contributed by atoms with van der Waals surface area (Å²) < 4.78 is 0. The highest BCUT2D eigenvalue weighted by molar-refractivity contribution is 5.27. The Morgan fingerprint density at radius 1 is 1.10 bits per heavy atom. The number of benzene rings is 1. The quantitative estimate of drug-likeness (QED) is 0.660. The van der Waals surface area contributed by atoms with Crippen molar-refractivity contribution in [2.45, 2.75) is 56.1 Å². The number of hydrogen-bond donors (Lipinski definition) is 2. The van der Waals surface area contributed by atoms with E-state index in [1.165, 1.54) is 37.7 Å². The molecule has 2 heterocycles. The van der Waals surface area contributed by atoms with Gasteiger partial charge in [0.1, 0.15) is 0 Å². The van der Waals surface area contributed by atoms with Crippen molar-refractivity contribution in [3.8, 4) is 0 Å². The highest BCUT2D eigenvalue weighted by Gasteiger charge is 2.49. The number of piperidine rings is 1. The second kappa shape index (κ2) is 5.38. The molecule has 5 unspecified atom stereocenters. The van der Waals surface area contributed by atoms with Gasteiger partial charge in [-0.05, 0) is 62.5 Å². The van der Waals surface area contributed by atoms with Gasteiger partial charge in [0.05, 0.1) is 0 Å². The Hall–Kier alpha value is -0.900. The van der Waals surface area contributed by atoms with Crippen LogP contribution in [0.2, 0.25) is 0 Å². The molecule has 3 aliphatic rings. The Labute approximate surface area is 127 Å². The number of hydrogen-bond acceptors (Lipinski definition) is 3. The van der Waals surface area contributed by atoms with Gasteiger partial charge in [0.25, 0.3) is 0 Å². The fourth-order valence-electron chi connectivity index (χ4n) is 5.05. The summed E-state index contributed by atoms with van der Waals surface area (Å²) in [4.78, 5) is 2.62. The van der Waals surface area contributed by atoms with Crippen LogP contribution in [0.15, 0.2) is 30.3 Å². The van der Waals surface area contributed by atoms with E-state index >= 15 is 0 Å². The van der Waals surface area contributed by atoms with E-state index in [-0.39, 0.29) is 0 Å². The molecule has 0 amide bonds. The van der Waals surface area contributed by atoms with Gasteiger partial charge in [-0.2, -0.15) is 0 Å². The molecule has 2 aliphatic heterocycles. The lowest BCUT2D eigenvalue weighted by atomic mass is 9.82. The molecule has 0 spiro atoms. The van der Waals surface area contributed by atoms with Gasteiger partial charge in [-0.15, -0.1) is 0 Å². The smallest absolute Gasteiger partial charge is 0.0274 e. The highest BCUT2D eigenvalue weighted by atomic mass is 15.3. The Morgan fingerprint density at radius 2 is 1.76 bits per heavy atom. The molecule has 4 rings (SSSR count). The minimum absolute atomic E-state index is 0.506. The van der Waals surface area contributed by atoms with Crippen molar-refractivity contribution in [2.24, 2.45) is 17.7 Å². The van der Waals surface area contributed by atoms with Crippen LogP contribution in [0.3, 0.4) is 0 Å². The van der Waals surface area contributed by atoms with Crippen LogP contribution in [-0.4, -0.2) is 30.1 Å². The molecule has 3 fully saturated rings. The van der Waals surface area contributed by atoms with Gasteiger partial charge >= 0.3 is 0 Å². The first-order chi connectivity index (χ1) is 10.3. The molecule has 0 radical (unpaired) electrons. The van der Waals surface area contributed by atoms with Gasteiger partial charge in [0.15, 0.2) is 0 Å². The first-order valence-corrected chi connectivity index (χ1v) is 8.51. The minimum Gasteiger partial charge on any atom is -0.300 e. The first-order valence-electron chi connectivity index (χ1n) is 8.51. The number of hydrazine groups is 1. The summed E-state index contributed by atoms with van der Waals surface area (Å²) in [7, 11) is 2.31. The second-order valence-electron chi connectivity index (χ2n) is 7.39. The van der Waals surface area contributed by atoms with Crippen molar-refractivity contribution in [1.29, 1.82) is 0 Å². The average molecular weight is 285 g/mol. The van der Waals surface area contributed by atoms with E-state index in [4.69, 9.17) is 5.84 Å². The second-order valence-corrected chi connectivity index (χ2v) is 7.39. The molecule has 1 aromatic rings. The van der Waals surface area contributed by atoms with Crippen molar-refractivity contribution in [1.82, 2.24) is 10.3 Å². The molecule has 3 nitrogen and oxygen atoms in total. The molecular formula is C18H27N3. The summed E-state index contributed by atoms with van der Waals surface area (Å²) in [6.45, 7) is 0. The molecular weight excluding hydrogens is 258 g/mol. The van der Waals surface area contributed by atoms with E-state index in [0.29, 0.717) is 6.04 Å². The topological polar surface area (TPSA) is 41.3 Å². The summed E-state index contributed by atoms with van der Waals surface area (Å²) in [5.41, 5.74) is 4.70. The zero-order valence-corrected chi connectivity index (χ0v) is 12.9. The molecule has 1 aromatic carbocycles. The van der Waals surface area contributed by atoms with E-state index in [1.54, 1.807) is 0 Å². The van der Waals surface area contributed by atoms with Crippen LogP contribution in [0.5, 0.6) is 0 Å². The standard InChI is InChI=1S/C18H27N3/c1-21-14-7-8-15(21)10-13(9-14)18(20-19)17-11-16(17)12-5-3-2-4-6-12/h2-6,13-18,20H,7-11,19H2,1H3. The maximum absolute atomic E-state index is 5.97. The summed E-state index contributed by atoms with van der Waals surface area (Å²) in [5.74, 6) is 8.20. The Morgan fingerprint density at radius 3 is 2.38 bits per heavy atom. The van der Waals surface area contributed by atoms with Crippen molar-refractivity contribution in [2.75, 3.05) is 7.05 Å². The van der Waals surface area contributed by atoms with Crippen LogP contribution in [0, 0.1) is 11.8 Å². The third-order valence-electron chi connectivity index (χ3n) is 6.36. The number of nitrogens with one attached hydrogen (secondary N) is 1. The molecule has 3 N–H and O–H groups in total. The molecule has 0 aromatic heterocycles. The third kappa shape index (κ3) is 2.41. The van der Waals surface area contributed by atoms with Gasteiger partial charge in [0.2, 0.25) is 0 Å². The van der Waals surface area contributed by atoms with Crippen molar-refractivity contribution < 1.29 is 0 Å². The number of nitrogens with zero attached hydrogens (tertiary/aromatic N) is 1. The fraction of sp³-hybridized carbons (Fsp3) is 0.667. The largest absolute Gasteiger partial charge is 0.300 e. The normalized spacial score (nSPS) is 40.2. The van der Waals surface area contributed by atoms with Crippen molar-refractivity contribution in [3.05, 3.63) is 35.9 Å². The Balaban J connectivity index is 1.45. The lowest BCUT2D eigenvalue weighted by Crippen LogP contribution is -2.50. The SMILES string of the molecule is CN1C2CCC1CC(C(NN)C1CC1c1ccccc1)C2. The molecule has 5 atom stereocenters. The first kappa shape index (κ1) is 13.7. The summed E-state index contributed by atoms with van der Waals surface area (Å²) >= 11 is 0. The number of nitrogens with two attached hydrogens (primary N) is 1. The van der Waals surface area contributed by atoms with Gasteiger partial charge in [-0.1, -0.05) is 30.3 Å². The van der Waals surface area contributed by atoms with E-state index < -0.39 is 0 Å². The Kier molecular flexibility index (Phi) is 3.52. The lowest BCUT2D eigenvalue weighted by molar-refractivity contribution is 0.106. The maximum atomic E-state index is 5.97. The number of fused-ring (bicyclic) bond motifs is 2. The van der Waals surface area contributed by atoms with Crippen LogP contribution < -0.4 is 11.3 Å². The van der Waals surface area contributed by atoms with Gasteiger partial charge in [0, 0.05) is 18.1 Å². The third-order valence-corrected chi connectivity index (χ3v) is 6.36. The van der Waals surface area contributed by atoms with Gasteiger partial charge < -0.3 is 4.90 Å². The zero-order chi connectivity index (χ0) is 14.4. The molecule has 21 heavy (non-hydrogen) atoms. The predicted molar refractivity (Wildman–Crippen MR) is 85.7 cm³/mol. The molecule has 2 saturated heterocycles. The summed E-state index contributed by atoms with van der Waals surface area (Å²) in [6.07, 6.45) is 6.75. The van der Waals surface area contributed by atoms with Crippen LogP contribution >= 0.6 is 0 Å². The molecule has 2 bridgehead atoms. The highest BCUT2D eigenvalue weighted by Crippen LogP contribution is 2.53. The summed E-state index contributed by atoms with van der Waals surface area (Å²) in [5, 5.41) is 0. The average Bonchev–Trinajstić information content (AvgIpc) is 3.26. The van der Waals surface area contributed by atoms with Crippen LogP contribution in [-0.2, 0) is 0 Å². The fourth-order valence-corrected chi connectivity index (χ4v) is 5.05. The van der Waals surface area contributed by atoms with E-state index in [0.717, 1.165) is 29.8 Å². The van der Waals surface area contributed by atoms with Crippen LogP contribution in [0.1, 0.15) is 43.6 Å². The maximum Gasteiger partial charge on any atom is 0.0274 e. The van der Waals surface area contributed by atoms with E-state index in [2.05, 4.69) is 47.7 Å². The predicted octanol–water partition coefficient (Wildman–Crippen LogP) is 2.49. The molecule has 1 saturated carbocycles. The monoisotopic (exact) mass is 285 g/mol. The Bertz CT molecular complexity index is 474. The molecule has 3 heteroatoms. The minimum atomic E-state index is 0.506. The molecule has 114 valence electrons. The van der Waals surface area contributed by atoms with Crippen molar-refractivity contribution in [3.63, 3.8) is 0 Å². The van der Waals surface area contributed by atoms with Crippen LogP contribution in [0.25, 0.3) is 0 Å². The van der Waals surface area contributed by atoms with E-state index in [9.17, 15) is 0 Å². The van der Waals surface area contributed by atoms with Gasteiger partial charge in [-0.25, -0.2) is 0 Å². The number of rotatable bonds is 4. The van der Waals surface area contributed by atoms with Crippen LogP contribution in [0.4, 0.5) is 0 Å².